The Morgan fingerprint density at radius 3 is 2.23 bits per heavy atom. The van der Waals surface area contributed by atoms with Crippen LogP contribution in [0.15, 0.2) is 42.5 Å². The van der Waals surface area contributed by atoms with Crippen LogP contribution in [0.25, 0.3) is 0 Å². The van der Waals surface area contributed by atoms with Crippen molar-refractivity contribution in [1.29, 1.82) is 0 Å². The maximum atomic E-state index is 12.5. The number of ether oxygens (including phenoxy) is 1. The normalized spacial score (nSPS) is 11.6. The molecule has 0 aliphatic rings. The molecule has 0 aliphatic heterocycles. The van der Waals surface area contributed by atoms with E-state index in [-0.39, 0.29) is 27.8 Å². The number of hydrogen-bond donors (Lipinski definition) is 2. The van der Waals surface area contributed by atoms with Gasteiger partial charge in [-0.25, -0.2) is 4.79 Å². The van der Waals surface area contributed by atoms with Gasteiger partial charge >= 0.3 is 5.97 Å². The van der Waals surface area contributed by atoms with Crippen LogP contribution in [0.4, 0.5) is 0 Å². The zero-order chi connectivity index (χ0) is 22.1. The van der Waals surface area contributed by atoms with Crippen LogP contribution in [0.1, 0.15) is 42.1 Å². The van der Waals surface area contributed by atoms with E-state index in [9.17, 15) is 19.5 Å². The summed E-state index contributed by atoms with van der Waals surface area (Å²) in [4.78, 5) is 35.0. The topological polar surface area (TPSA) is 92.7 Å². The quantitative estimate of drug-likeness (QED) is 0.488. The molecule has 8 heteroatoms. The molecule has 1 atom stereocenters. The summed E-state index contributed by atoms with van der Waals surface area (Å²) in [6.07, 6.45) is 2.19. The fourth-order valence-electron chi connectivity index (χ4n) is 2.77. The SMILES string of the molecule is CC(=O)CCCCOc1ccc(C[C@H](NC(=O)c2c(Cl)cccc2Cl)C(=O)O)cc1. The van der Waals surface area contributed by atoms with Gasteiger partial charge in [-0.05, 0) is 49.6 Å². The lowest BCUT2D eigenvalue weighted by Gasteiger charge is -2.16. The Morgan fingerprint density at radius 2 is 1.67 bits per heavy atom. The van der Waals surface area contributed by atoms with Gasteiger partial charge in [0, 0.05) is 12.8 Å². The second-order valence-electron chi connectivity index (χ2n) is 6.82. The van der Waals surface area contributed by atoms with Gasteiger partial charge in [-0.2, -0.15) is 0 Å². The van der Waals surface area contributed by atoms with Crippen molar-refractivity contribution < 1.29 is 24.2 Å². The number of carboxylic acids is 1. The molecule has 2 rings (SSSR count). The van der Waals surface area contributed by atoms with Crippen LogP contribution in [0.5, 0.6) is 5.75 Å². The third kappa shape index (κ3) is 7.35. The molecule has 0 fully saturated rings. The van der Waals surface area contributed by atoms with Crippen LogP contribution < -0.4 is 10.1 Å². The summed E-state index contributed by atoms with van der Waals surface area (Å²) in [6.45, 7) is 2.06. The van der Waals surface area contributed by atoms with E-state index < -0.39 is 17.9 Å². The molecule has 0 bridgehead atoms. The molecule has 160 valence electrons. The molecule has 1 amide bonds. The highest BCUT2D eigenvalue weighted by Crippen LogP contribution is 2.24. The fourth-order valence-corrected chi connectivity index (χ4v) is 3.34. The summed E-state index contributed by atoms with van der Waals surface area (Å²) in [5.74, 6) is -1.00. The number of rotatable bonds is 11. The van der Waals surface area contributed by atoms with Gasteiger partial charge in [-0.3, -0.25) is 4.79 Å². The molecule has 0 heterocycles. The molecular formula is C22H23Cl2NO5. The first-order chi connectivity index (χ1) is 14.3. The molecule has 0 saturated carbocycles. The van der Waals surface area contributed by atoms with Crippen LogP contribution >= 0.6 is 23.2 Å². The van der Waals surface area contributed by atoms with Crippen molar-refractivity contribution in [2.75, 3.05) is 6.61 Å². The van der Waals surface area contributed by atoms with Gasteiger partial charge < -0.3 is 20.0 Å². The highest BCUT2D eigenvalue weighted by molar-refractivity contribution is 6.39. The number of Topliss-reactive ketones (excluding diaryl/α,β-unsaturated/α-hetero) is 1. The predicted octanol–water partition coefficient (Wildman–Crippen LogP) is 4.56. The summed E-state index contributed by atoms with van der Waals surface area (Å²) in [5.41, 5.74) is 0.762. The molecule has 2 aromatic carbocycles. The molecule has 30 heavy (non-hydrogen) atoms. The minimum absolute atomic E-state index is 0.0422. The van der Waals surface area contributed by atoms with E-state index >= 15 is 0 Å². The Bertz CT molecular complexity index is 879. The number of unbranched alkanes of at least 4 members (excludes halogenated alkanes) is 1. The van der Waals surface area contributed by atoms with Crippen molar-refractivity contribution >= 4 is 40.9 Å². The number of hydrogen-bond acceptors (Lipinski definition) is 4. The second-order valence-corrected chi connectivity index (χ2v) is 7.63. The molecule has 2 N–H and O–H groups in total. The highest BCUT2D eigenvalue weighted by atomic mass is 35.5. The molecular weight excluding hydrogens is 429 g/mol. The maximum Gasteiger partial charge on any atom is 0.326 e. The Morgan fingerprint density at radius 1 is 1.03 bits per heavy atom. The number of aliphatic carboxylic acids is 1. The van der Waals surface area contributed by atoms with E-state index in [0.717, 1.165) is 18.4 Å². The third-order valence-electron chi connectivity index (χ3n) is 4.35. The molecule has 0 spiro atoms. The van der Waals surface area contributed by atoms with Crippen molar-refractivity contribution in [3.8, 4) is 5.75 Å². The third-order valence-corrected chi connectivity index (χ3v) is 4.98. The molecule has 0 radical (unpaired) electrons. The van der Waals surface area contributed by atoms with Crippen LogP contribution in [-0.2, 0) is 16.0 Å². The standard InChI is InChI=1S/C22H23Cl2NO5/c1-14(26)5-2-3-12-30-16-10-8-15(9-11-16)13-19(22(28)29)25-21(27)20-17(23)6-4-7-18(20)24/h4,6-11,19H,2-3,5,12-13H2,1H3,(H,25,27)(H,28,29)/t19-/m0/s1. The van der Waals surface area contributed by atoms with Crippen molar-refractivity contribution in [3.63, 3.8) is 0 Å². The van der Waals surface area contributed by atoms with E-state index in [2.05, 4.69) is 5.32 Å². The predicted molar refractivity (Wildman–Crippen MR) is 116 cm³/mol. The molecule has 0 aliphatic carbocycles. The summed E-state index contributed by atoms with van der Waals surface area (Å²) in [7, 11) is 0. The molecule has 6 nitrogen and oxygen atoms in total. The van der Waals surface area contributed by atoms with E-state index in [1.54, 1.807) is 37.3 Å². The van der Waals surface area contributed by atoms with Crippen LogP contribution in [0.2, 0.25) is 10.0 Å². The largest absolute Gasteiger partial charge is 0.494 e. The number of benzene rings is 2. The molecule has 2 aromatic rings. The van der Waals surface area contributed by atoms with Gasteiger partial charge in [0.1, 0.15) is 17.6 Å². The summed E-state index contributed by atoms with van der Waals surface area (Å²) in [5, 5.41) is 12.3. The Labute approximate surface area is 185 Å². The van der Waals surface area contributed by atoms with Crippen molar-refractivity contribution in [3.05, 3.63) is 63.6 Å². The van der Waals surface area contributed by atoms with E-state index in [0.29, 0.717) is 18.8 Å². The van der Waals surface area contributed by atoms with E-state index in [1.165, 1.54) is 12.1 Å². The number of ketones is 1. The number of carbonyl (C=O) groups is 3. The number of amides is 1. The molecule has 0 aromatic heterocycles. The van der Waals surface area contributed by atoms with Crippen molar-refractivity contribution in [1.82, 2.24) is 5.32 Å². The molecule has 0 unspecified atom stereocenters. The number of halogens is 2. The van der Waals surface area contributed by atoms with Gasteiger partial charge in [0.25, 0.3) is 5.91 Å². The lowest BCUT2D eigenvalue weighted by atomic mass is 10.1. The first kappa shape index (κ1) is 23.7. The molecule has 0 saturated heterocycles. The smallest absolute Gasteiger partial charge is 0.326 e. The van der Waals surface area contributed by atoms with Crippen molar-refractivity contribution in [2.24, 2.45) is 0 Å². The monoisotopic (exact) mass is 451 g/mol. The Hall–Kier alpha value is -2.57. The number of carboxylic acid groups (broad SMARTS) is 1. The van der Waals surface area contributed by atoms with E-state index in [1.807, 2.05) is 0 Å². The first-order valence-corrected chi connectivity index (χ1v) is 10.2. The van der Waals surface area contributed by atoms with Crippen LogP contribution in [0, 0.1) is 0 Å². The van der Waals surface area contributed by atoms with Gasteiger partial charge in [-0.15, -0.1) is 0 Å². The average molecular weight is 452 g/mol. The average Bonchev–Trinajstić information content (AvgIpc) is 2.68. The summed E-state index contributed by atoms with van der Waals surface area (Å²) < 4.78 is 5.62. The zero-order valence-electron chi connectivity index (χ0n) is 16.5. The lowest BCUT2D eigenvalue weighted by molar-refractivity contribution is -0.139. The second kappa shape index (κ2) is 11.6. The lowest BCUT2D eigenvalue weighted by Crippen LogP contribution is -2.42. The minimum Gasteiger partial charge on any atom is -0.494 e. The first-order valence-electron chi connectivity index (χ1n) is 9.46. The maximum absolute atomic E-state index is 12.5. The van der Waals surface area contributed by atoms with Crippen LogP contribution in [0.3, 0.4) is 0 Å². The van der Waals surface area contributed by atoms with Crippen LogP contribution in [-0.4, -0.2) is 35.4 Å². The Kier molecular flexibility index (Phi) is 9.15. The van der Waals surface area contributed by atoms with Gasteiger partial charge in [0.2, 0.25) is 0 Å². The van der Waals surface area contributed by atoms with E-state index in [4.69, 9.17) is 27.9 Å². The highest BCUT2D eigenvalue weighted by Gasteiger charge is 2.23. The summed E-state index contributed by atoms with van der Waals surface area (Å²) >= 11 is 12.0. The summed E-state index contributed by atoms with van der Waals surface area (Å²) in [6, 6.07) is 10.4. The number of nitrogens with one attached hydrogen (secondary N) is 1. The van der Waals surface area contributed by atoms with Crippen molar-refractivity contribution in [2.45, 2.75) is 38.6 Å². The van der Waals surface area contributed by atoms with Gasteiger partial charge in [-0.1, -0.05) is 41.4 Å². The Balaban J connectivity index is 1.94. The fraction of sp³-hybridized carbons (Fsp3) is 0.318. The van der Waals surface area contributed by atoms with Gasteiger partial charge in [0.15, 0.2) is 0 Å². The number of carbonyl (C=O) groups excluding carboxylic acids is 2. The van der Waals surface area contributed by atoms with Gasteiger partial charge in [0.05, 0.1) is 22.2 Å². The zero-order valence-corrected chi connectivity index (χ0v) is 18.0. The minimum atomic E-state index is -1.17.